The normalized spacial score (nSPS) is 13.4. The van der Waals surface area contributed by atoms with Gasteiger partial charge in [0.1, 0.15) is 10.8 Å². The Morgan fingerprint density at radius 3 is 1.23 bits per heavy atom. The Hall–Kier alpha value is -9.63. The van der Waals surface area contributed by atoms with Gasteiger partial charge in [-0.15, -0.1) is 112 Å². The summed E-state index contributed by atoms with van der Waals surface area (Å²) < 4.78 is 142. The lowest BCUT2D eigenvalue weighted by Gasteiger charge is -2.05. The highest BCUT2D eigenvalue weighted by atomic mass is 79.9. The van der Waals surface area contributed by atoms with Crippen LogP contribution in [0.5, 0.6) is 5.75 Å². The maximum absolute atomic E-state index is 12.0. The summed E-state index contributed by atoms with van der Waals surface area (Å²) in [4.78, 5) is 39.4. The Balaban J connectivity index is 0.000000145. The highest BCUT2D eigenvalue weighted by Crippen LogP contribution is 2.43. The van der Waals surface area contributed by atoms with E-state index in [-0.39, 0.29) is 23.2 Å². The van der Waals surface area contributed by atoms with Crippen molar-refractivity contribution in [3.63, 3.8) is 0 Å². The van der Waals surface area contributed by atoms with Crippen molar-refractivity contribution in [1.29, 1.82) is 0 Å². The third-order valence-electron chi connectivity index (χ3n) is 21.3. The monoisotopic (exact) mass is 2270 g/mol. The Bertz CT molecular complexity index is 7550. The van der Waals surface area contributed by atoms with Crippen LogP contribution >= 0.6 is 129 Å². The van der Waals surface area contributed by atoms with Gasteiger partial charge < -0.3 is 4.74 Å². The molecule has 17 aromatic rings. The number of alkyl halides is 3. The molecule has 0 unspecified atom stereocenters. The van der Waals surface area contributed by atoms with Gasteiger partial charge in [0.25, 0.3) is 0 Å². The zero-order valence-electron chi connectivity index (χ0n) is 83.3. The number of thiophene rings is 1. The highest BCUT2D eigenvalue weighted by molar-refractivity contribution is 9.11. The van der Waals surface area contributed by atoms with E-state index in [0.29, 0.717) is 85.6 Å². The summed E-state index contributed by atoms with van der Waals surface area (Å²) in [7, 11) is -11.0. The summed E-state index contributed by atoms with van der Waals surface area (Å²) in [6, 6.07) is 51.0. The molecule has 13 heterocycles. The molecule has 20 rings (SSSR count). The number of hydrogen-bond acceptors (Lipinski definition) is 29. The summed E-state index contributed by atoms with van der Waals surface area (Å²) >= 11 is 19.2. The number of aryl methyl sites for hydroxylation is 1. The van der Waals surface area contributed by atoms with Gasteiger partial charge in [0.15, 0.2) is 9.84 Å². The molecule has 40 heteroatoms. The van der Waals surface area contributed by atoms with Crippen LogP contribution < -0.4 is 18.9 Å². The molecule has 0 saturated carbocycles. The molecule has 762 valence electrons. The molecule has 10 aromatic heterocycles. The van der Waals surface area contributed by atoms with Gasteiger partial charge in [-0.1, -0.05) is 233 Å². The number of nitrogens with one attached hydrogen (secondary N) is 3. The Kier molecular flexibility index (Phi) is 39.2. The third-order valence-corrected chi connectivity index (χ3v) is 38.2. The molecule has 0 bridgehead atoms. The lowest BCUT2D eigenvalue weighted by atomic mass is 10.1. The van der Waals surface area contributed by atoms with E-state index in [0.717, 1.165) is 114 Å². The lowest BCUT2D eigenvalue weighted by Crippen LogP contribution is -2.05. The molecular weight excluding hydrogens is 2160 g/mol. The fourth-order valence-corrected chi connectivity index (χ4v) is 26.8. The number of halogens is 4. The number of sulfonamides is 3. The third kappa shape index (κ3) is 31.7. The molecule has 3 aliphatic rings. The van der Waals surface area contributed by atoms with Crippen molar-refractivity contribution in [2.75, 3.05) is 27.5 Å². The minimum absolute atomic E-state index is 0.00130. The van der Waals surface area contributed by atoms with Crippen molar-refractivity contribution in [3.05, 3.63) is 277 Å². The maximum Gasteiger partial charge on any atom is 0.445 e. The number of rotatable bonds is 18. The first kappa shape index (κ1) is 113. The van der Waals surface area contributed by atoms with E-state index in [4.69, 9.17) is 9.72 Å². The van der Waals surface area contributed by atoms with Crippen molar-refractivity contribution in [2.24, 2.45) is 0 Å². The first-order chi connectivity index (χ1) is 67.9. The van der Waals surface area contributed by atoms with Gasteiger partial charge in [0.05, 0.1) is 141 Å². The molecule has 3 N–H and O–H groups in total. The predicted octanol–water partition coefficient (Wildman–Crippen LogP) is 31.9. The van der Waals surface area contributed by atoms with Crippen LogP contribution in [-0.4, -0.2) is 97.1 Å². The van der Waals surface area contributed by atoms with Gasteiger partial charge in [-0.25, -0.2) is 73.5 Å². The summed E-state index contributed by atoms with van der Waals surface area (Å²) in [5.41, 5.74) is 17.4. The number of anilines is 3. The quantitative estimate of drug-likeness (QED) is 0.0718. The first-order valence-corrected chi connectivity index (χ1v) is 62.3. The molecule has 0 saturated heterocycles. The topological polar surface area (TPSA) is 311 Å². The average Bonchev–Trinajstić information content (AvgIpc) is 1.62. The molecule has 0 radical (unpaired) electrons. The number of thiazole rings is 8. The zero-order valence-corrected chi connectivity index (χ0v) is 96.3. The van der Waals surface area contributed by atoms with Crippen molar-refractivity contribution >= 4 is 197 Å². The summed E-state index contributed by atoms with van der Waals surface area (Å²) in [5, 5.41) is 32.2. The van der Waals surface area contributed by atoms with Crippen LogP contribution in [0, 0.1) is 6.92 Å². The van der Waals surface area contributed by atoms with Crippen molar-refractivity contribution < 1.29 is 51.6 Å². The largest absolute Gasteiger partial charge is 0.497 e. The van der Waals surface area contributed by atoms with Gasteiger partial charge in [-0.05, 0) is 111 Å². The highest BCUT2D eigenvalue weighted by Gasteiger charge is 2.36. The molecule has 0 spiro atoms. The minimum Gasteiger partial charge on any atom is -0.497 e. The number of para-hydroxylation sites is 1. The summed E-state index contributed by atoms with van der Waals surface area (Å²) in [5.74, 6) is 4.75. The second-order valence-electron chi connectivity index (χ2n) is 36.5. The number of sulfone groups is 1. The van der Waals surface area contributed by atoms with E-state index < -0.39 is 51.1 Å². The van der Waals surface area contributed by atoms with Crippen molar-refractivity contribution in [2.45, 2.75) is 213 Å². The molecule has 144 heavy (non-hydrogen) atoms. The predicted molar refractivity (Wildman–Crippen MR) is 603 cm³/mol. The van der Waals surface area contributed by atoms with Gasteiger partial charge >= 0.3 is 6.18 Å². The summed E-state index contributed by atoms with van der Waals surface area (Å²) in [6.07, 6.45) is -1.30. The van der Waals surface area contributed by atoms with E-state index in [1.54, 1.807) is 136 Å². The molecule has 3 aliphatic heterocycles. The van der Waals surface area contributed by atoms with Crippen molar-refractivity contribution in [1.82, 2.24) is 50.1 Å². The van der Waals surface area contributed by atoms with Crippen LogP contribution in [0.2, 0.25) is 0 Å². The van der Waals surface area contributed by atoms with E-state index >= 15 is 0 Å². The van der Waals surface area contributed by atoms with Crippen LogP contribution in [0.4, 0.5) is 30.2 Å². The van der Waals surface area contributed by atoms with E-state index in [9.17, 15) is 46.8 Å². The second kappa shape index (κ2) is 49.9. The van der Waals surface area contributed by atoms with Crippen LogP contribution in [0.3, 0.4) is 0 Å². The van der Waals surface area contributed by atoms with Crippen molar-refractivity contribution in [3.8, 4) is 83.9 Å². The number of aromatic nitrogens is 10. The second-order valence-corrected chi connectivity index (χ2v) is 54.7. The average molecular weight is 2280 g/mol. The van der Waals surface area contributed by atoms with Gasteiger partial charge in [-0.3, -0.25) is 14.2 Å². The number of benzene rings is 7. The van der Waals surface area contributed by atoms with Crippen LogP contribution in [0.25, 0.3) is 88.9 Å². The van der Waals surface area contributed by atoms with Gasteiger partial charge in [-0.2, -0.15) is 13.2 Å². The summed E-state index contributed by atoms with van der Waals surface area (Å²) in [6.45, 7) is 39.9. The molecular formula is C104H115BrF3N13O9S14. The Morgan fingerprint density at radius 1 is 0.375 bits per heavy atom. The minimum atomic E-state index is -4.36. The van der Waals surface area contributed by atoms with E-state index in [2.05, 4.69) is 270 Å². The first-order valence-electron chi connectivity index (χ1n) is 46.1. The van der Waals surface area contributed by atoms with Crippen LogP contribution in [0.1, 0.15) is 250 Å². The Morgan fingerprint density at radius 2 is 0.785 bits per heavy atom. The lowest BCUT2D eigenvalue weighted by molar-refractivity contribution is -0.138. The Labute approximate surface area is 891 Å². The number of ether oxygens (including phenoxy) is 1. The zero-order chi connectivity index (χ0) is 105. The number of nitrogens with zero attached hydrogens (tertiary/aromatic N) is 10. The standard InChI is InChI=1S/C16H15NS.3C13H14N2O2S2.C13H15NO2S2.C13H15NOS.C11H13NS2.C6H8BrNS.C6H7F3N2S/c1-11(2)16-17-15(10-18-16)14-8-7-12-5-3-4-6-13(12)9-14;1-8(2)13-14-12(6-18-13)9-3-4-11-10(5-9)7-19(16,17)15-11;1-8(2)13-14-12(6-18-13)9-3-4-10-7-19(16,17)15-11(10)5-9;1-8(2)13-14-11(6-18-13)10-5-3-4-9-7-19(16,17)15-12(9)10;1-9(2)13-14-12(8-17-13)10-4-6-11(7-5-10)18(3,15)16;1-9(2)13-14-12(8-16-13)10-5-4-6-11(7-10)15-3;1-7(2)11-12-9(6-13-11)10-5-4-8(3)14-10;1-4(2)6-8-3-5(7)9-6;1-3(2)4-10-11-5(12-4)6(7,8)9/h3-11H,1-2H3;3*3-6,8,15H,7H2,1-2H3;4-9H,1-3H3;4-9H,1-3H3;4-7H,1-3H3;3-4H,1-2H3;3H,1-2H3. The van der Waals surface area contributed by atoms with E-state index in [1.165, 1.54) is 52.4 Å². The molecule has 22 nitrogen and oxygen atoms in total. The number of hydrogen-bond donors (Lipinski definition) is 3. The maximum atomic E-state index is 12.0. The number of methoxy groups -OCH3 is 1. The van der Waals surface area contributed by atoms with Crippen LogP contribution in [0.15, 0.2) is 210 Å². The number of fused-ring (bicyclic) bond motifs is 4. The molecule has 0 amide bonds. The molecule has 7 aromatic carbocycles. The smallest absolute Gasteiger partial charge is 0.445 e. The SMILES string of the molecule is CC(C)c1nc(-c2ccc(S(C)(=O)=O)cc2)cs1.CC(C)c1nc(-c2ccc3c(c2)CS(=O)(=O)N3)cs1.CC(C)c1nc(-c2ccc3c(c2)NS(=O)(=O)C3)cs1.CC(C)c1nc(-c2ccc3ccccc3c2)cs1.CC(C)c1nc(-c2cccc3c2NS(=O)(=O)C3)cs1.CC(C)c1ncc(Br)s1.CC(C)c1nnc(C(F)(F)F)s1.COc1cccc(-c2csc(C(C)C)n2)c1.Cc1ccc(-c2csc(C(C)C)n2)s1. The van der Waals surface area contributed by atoms with E-state index in [1.807, 2.05) is 112 Å². The fourth-order valence-electron chi connectivity index (χ4n) is 13.7. The van der Waals surface area contributed by atoms with Gasteiger partial charge in [0, 0.05) is 135 Å². The molecule has 0 fully saturated rings. The van der Waals surface area contributed by atoms with Gasteiger partial charge in [0.2, 0.25) is 35.1 Å². The van der Waals surface area contributed by atoms with Crippen LogP contribution in [-0.2, 0) is 63.3 Å². The molecule has 0 atom stereocenters. The molecule has 0 aliphatic carbocycles. The fraction of sp³-hybridized carbons (Fsp3) is 0.327.